The first-order valence-electron chi connectivity index (χ1n) is 4.76. The highest BCUT2D eigenvalue weighted by molar-refractivity contribution is 7.91. The number of methoxy groups -OCH3 is 2. The first-order valence-corrected chi connectivity index (χ1v) is 7.12. The molecule has 1 aromatic heterocycles. The standard InChI is InChI=1S/C8H11N3O6S2/c1-16-6(12)3-5-4-18-7(9-5)10-19(14,15)11-8(13)17-2/h4H,3H2,1-2H3,(H,9,10)(H,11,13). The van der Waals surface area contributed by atoms with Gasteiger partial charge in [0.1, 0.15) is 0 Å². The van der Waals surface area contributed by atoms with Gasteiger partial charge in [0, 0.05) is 5.38 Å². The largest absolute Gasteiger partial charge is 0.469 e. The highest BCUT2D eigenvalue weighted by Crippen LogP contribution is 2.16. The van der Waals surface area contributed by atoms with Gasteiger partial charge in [-0.25, -0.2) is 19.2 Å². The van der Waals surface area contributed by atoms with Crippen LogP contribution in [0.4, 0.5) is 9.93 Å². The summed E-state index contributed by atoms with van der Waals surface area (Å²) < 4.78 is 35.0. The molecule has 11 heteroatoms. The summed E-state index contributed by atoms with van der Waals surface area (Å²) in [6, 6.07) is 0. The number of thiazole rings is 1. The zero-order chi connectivity index (χ0) is 14.5. The van der Waals surface area contributed by atoms with Crippen LogP contribution >= 0.6 is 11.3 Å². The van der Waals surface area contributed by atoms with E-state index in [4.69, 9.17) is 0 Å². The molecule has 0 aliphatic carbocycles. The Hall–Kier alpha value is -1.88. The number of hydrogen-bond donors (Lipinski definition) is 2. The van der Waals surface area contributed by atoms with E-state index in [2.05, 4.69) is 14.5 Å². The monoisotopic (exact) mass is 309 g/mol. The molecule has 1 heterocycles. The molecule has 1 amide bonds. The van der Waals surface area contributed by atoms with Crippen molar-refractivity contribution in [1.29, 1.82) is 0 Å². The predicted molar refractivity (Wildman–Crippen MR) is 65.9 cm³/mol. The molecule has 0 unspecified atom stereocenters. The fourth-order valence-corrected chi connectivity index (χ4v) is 2.65. The van der Waals surface area contributed by atoms with Crippen molar-refractivity contribution >= 4 is 38.7 Å². The van der Waals surface area contributed by atoms with Crippen molar-refractivity contribution in [3.05, 3.63) is 11.1 Å². The molecule has 106 valence electrons. The molecule has 0 aliphatic rings. The molecule has 1 aromatic rings. The van der Waals surface area contributed by atoms with Gasteiger partial charge in [0.15, 0.2) is 5.13 Å². The van der Waals surface area contributed by atoms with Gasteiger partial charge in [-0.15, -0.1) is 11.3 Å². The van der Waals surface area contributed by atoms with Crippen LogP contribution in [0.3, 0.4) is 0 Å². The first-order chi connectivity index (χ1) is 8.86. The molecule has 0 fully saturated rings. The van der Waals surface area contributed by atoms with Crippen molar-refractivity contribution in [2.75, 3.05) is 18.9 Å². The molecule has 0 aliphatic heterocycles. The average molecular weight is 309 g/mol. The first kappa shape index (κ1) is 15.2. The molecule has 9 nitrogen and oxygen atoms in total. The van der Waals surface area contributed by atoms with Crippen LogP contribution in [-0.4, -0.2) is 39.7 Å². The van der Waals surface area contributed by atoms with Gasteiger partial charge < -0.3 is 9.47 Å². The number of nitrogens with one attached hydrogen (secondary N) is 2. The van der Waals surface area contributed by atoms with Crippen molar-refractivity contribution in [3.8, 4) is 0 Å². The summed E-state index contributed by atoms with van der Waals surface area (Å²) in [6.07, 6.45) is -1.20. The van der Waals surface area contributed by atoms with E-state index in [1.807, 2.05) is 4.72 Å². The lowest BCUT2D eigenvalue weighted by atomic mass is 10.3. The number of rotatable bonds is 5. The summed E-state index contributed by atoms with van der Waals surface area (Å²) in [5.74, 6) is -0.493. The van der Waals surface area contributed by atoms with E-state index in [1.165, 1.54) is 12.5 Å². The minimum Gasteiger partial charge on any atom is -0.469 e. The predicted octanol–water partition coefficient (Wildman–Crippen LogP) is -0.129. The van der Waals surface area contributed by atoms with E-state index >= 15 is 0 Å². The van der Waals surface area contributed by atoms with Gasteiger partial charge in [-0.1, -0.05) is 0 Å². The number of amides is 1. The molecule has 0 spiro atoms. The lowest BCUT2D eigenvalue weighted by molar-refractivity contribution is -0.139. The van der Waals surface area contributed by atoms with E-state index in [0.29, 0.717) is 5.69 Å². The summed E-state index contributed by atoms with van der Waals surface area (Å²) in [5.41, 5.74) is 0.354. The van der Waals surface area contributed by atoms with E-state index in [1.54, 1.807) is 4.72 Å². The minimum absolute atomic E-state index is 0.00954. The van der Waals surface area contributed by atoms with Crippen molar-refractivity contribution in [2.24, 2.45) is 0 Å². The Morgan fingerprint density at radius 2 is 2.05 bits per heavy atom. The van der Waals surface area contributed by atoms with Crippen LogP contribution in [0.5, 0.6) is 0 Å². The smallest absolute Gasteiger partial charge is 0.422 e. The number of anilines is 1. The third-order valence-corrected chi connectivity index (χ3v) is 3.56. The summed E-state index contributed by atoms with van der Waals surface area (Å²) >= 11 is 0.962. The van der Waals surface area contributed by atoms with Gasteiger partial charge in [0.05, 0.1) is 26.3 Å². The lowest BCUT2D eigenvalue weighted by Crippen LogP contribution is -2.35. The molecule has 0 atom stereocenters. The molecule has 1 rings (SSSR count). The highest BCUT2D eigenvalue weighted by atomic mass is 32.2. The van der Waals surface area contributed by atoms with Crippen LogP contribution < -0.4 is 9.44 Å². The third kappa shape index (κ3) is 5.09. The van der Waals surface area contributed by atoms with Crippen molar-refractivity contribution in [3.63, 3.8) is 0 Å². The van der Waals surface area contributed by atoms with E-state index < -0.39 is 22.3 Å². The quantitative estimate of drug-likeness (QED) is 0.726. The summed E-state index contributed by atoms with van der Waals surface area (Å²) in [6.45, 7) is 0. The van der Waals surface area contributed by atoms with E-state index in [-0.39, 0.29) is 11.6 Å². The second-order valence-electron chi connectivity index (χ2n) is 3.10. The van der Waals surface area contributed by atoms with Crippen LogP contribution in [0, 0.1) is 0 Å². The Bertz CT molecular complexity index is 567. The van der Waals surface area contributed by atoms with Crippen LogP contribution in [0.15, 0.2) is 5.38 Å². The number of carbonyl (C=O) groups excluding carboxylic acids is 2. The molecular formula is C8H11N3O6S2. The van der Waals surface area contributed by atoms with Gasteiger partial charge in [0.2, 0.25) is 0 Å². The Morgan fingerprint density at radius 3 is 2.63 bits per heavy atom. The molecule has 0 aromatic carbocycles. The third-order valence-electron chi connectivity index (χ3n) is 1.73. The van der Waals surface area contributed by atoms with Gasteiger partial charge in [-0.05, 0) is 0 Å². The van der Waals surface area contributed by atoms with Gasteiger partial charge in [-0.2, -0.15) is 8.42 Å². The molecule has 0 bridgehead atoms. The maximum absolute atomic E-state index is 11.4. The van der Waals surface area contributed by atoms with E-state index in [9.17, 15) is 18.0 Å². The van der Waals surface area contributed by atoms with Crippen molar-refractivity contribution in [2.45, 2.75) is 6.42 Å². The van der Waals surface area contributed by atoms with Gasteiger partial charge >= 0.3 is 22.3 Å². The van der Waals surface area contributed by atoms with E-state index in [0.717, 1.165) is 18.4 Å². The maximum atomic E-state index is 11.4. The maximum Gasteiger partial charge on any atom is 0.422 e. The normalized spacial score (nSPS) is 10.6. The molecular weight excluding hydrogens is 298 g/mol. The van der Waals surface area contributed by atoms with Gasteiger partial charge in [0.25, 0.3) is 0 Å². The highest BCUT2D eigenvalue weighted by Gasteiger charge is 2.17. The van der Waals surface area contributed by atoms with Gasteiger partial charge in [-0.3, -0.25) is 4.79 Å². The minimum atomic E-state index is -4.11. The SMILES string of the molecule is COC(=O)Cc1csc(NS(=O)(=O)NC(=O)OC)n1. The topological polar surface area (TPSA) is 124 Å². The average Bonchev–Trinajstić information content (AvgIpc) is 2.74. The fraction of sp³-hybridized carbons (Fsp3) is 0.375. The Balaban J connectivity index is 2.67. The molecule has 2 N–H and O–H groups in total. The fourth-order valence-electron chi connectivity index (χ4n) is 0.947. The Labute approximate surface area is 113 Å². The van der Waals surface area contributed by atoms with Crippen LogP contribution in [0.1, 0.15) is 5.69 Å². The van der Waals surface area contributed by atoms with Crippen molar-refractivity contribution < 1.29 is 27.5 Å². The Morgan fingerprint density at radius 1 is 1.37 bits per heavy atom. The number of aromatic nitrogens is 1. The second kappa shape index (κ2) is 6.33. The molecule has 19 heavy (non-hydrogen) atoms. The number of carbonyl (C=O) groups is 2. The van der Waals surface area contributed by atoms with Crippen LogP contribution in [0.2, 0.25) is 0 Å². The van der Waals surface area contributed by atoms with Crippen LogP contribution in [-0.2, 0) is 30.9 Å². The summed E-state index contributed by atoms with van der Waals surface area (Å²) in [4.78, 5) is 25.6. The number of esters is 1. The van der Waals surface area contributed by atoms with Crippen LogP contribution in [0.25, 0.3) is 0 Å². The number of hydrogen-bond acceptors (Lipinski definition) is 8. The number of ether oxygens (including phenoxy) is 2. The molecule has 0 saturated heterocycles. The summed E-state index contributed by atoms with van der Waals surface area (Å²) in [5, 5.41) is 1.50. The lowest BCUT2D eigenvalue weighted by Gasteiger charge is -2.05. The number of nitrogens with zero attached hydrogens (tertiary/aromatic N) is 1. The Kier molecular flexibility index (Phi) is 5.06. The molecule has 0 saturated carbocycles. The van der Waals surface area contributed by atoms with Crippen molar-refractivity contribution in [1.82, 2.24) is 9.71 Å². The summed E-state index contributed by atoms with van der Waals surface area (Å²) in [7, 11) is -1.84. The zero-order valence-electron chi connectivity index (χ0n) is 10.00. The zero-order valence-corrected chi connectivity index (χ0v) is 11.6. The molecule has 0 radical (unpaired) electrons. The second-order valence-corrected chi connectivity index (χ2v) is 5.37.